The predicted octanol–water partition coefficient (Wildman–Crippen LogP) is 3.61. The van der Waals surface area contributed by atoms with E-state index in [0.717, 1.165) is 30.8 Å². The van der Waals surface area contributed by atoms with Gasteiger partial charge in [0.15, 0.2) is 0 Å². The molecule has 0 saturated carbocycles. The summed E-state index contributed by atoms with van der Waals surface area (Å²) in [6.45, 7) is 2.77. The lowest BCUT2D eigenvalue weighted by Gasteiger charge is -2.23. The monoisotopic (exact) mass is 308 g/mol. The van der Waals surface area contributed by atoms with E-state index < -0.39 is 0 Å². The highest BCUT2D eigenvalue weighted by molar-refractivity contribution is 5.93. The van der Waals surface area contributed by atoms with Crippen molar-refractivity contribution in [2.45, 2.75) is 25.8 Å². The van der Waals surface area contributed by atoms with E-state index in [-0.39, 0.29) is 5.91 Å². The van der Waals surface area contributed by atoms with E-state index in [0.29, 0.717) is 18.9 Å². The summed E-state index contributed by atoms with van der Waals surface area (Å²) in [4.78, 5) is 14.7. The minimum absolute atomic E-state index is 0.215. The van der Waals surface area contributed by atoms with Crippen LogP contribution in [0.3, 0.4) is 0 Å². The molecule has 3 rings (SSSR count). The number of carbonyl (C=O) groups excluding carboxylic acids is 1. The topological polar surface area (TPSA) is 32.3 Å². The first-order valence-corrected chi connectivity index (χ1v) is 8.43. The van der Waals surface area contributed by atoms with E-state index in [9.17, 15) is 4.79 Å². The van der Waals surface area contributed by atoms with Crippen molar-refractivity contribution in [2.75, 3.05) is 18.0 Å². The number of amides is 1. The summed E-state index contributed by atoms with van der Waals surface area (Å²) >= 11 is 0. The van der Waals surface area contributed by atoms with Crippen LogP contribution in [0.4, 0.5) is 5.69 Å². The molecule has 1 N–H and O–H groups in total. The maximum atomic E-state index is 12.8. The summed E-state index contributed by atoms with van der Waals surface area (Å²) in [6, 6.07) is 20.2. The first kappa shape index (κ1) is 15.8. The van der Waals surface area contributed by atoms with Crippen molar-refractivity contribution in [3.8, 4) is 0 Å². The standard InChI is InChI=1S/C20H24N2O/c23-20(12-11-17-13-14-21-15-17)22(19-9-5-2-6-10-19)16-18-7-3-1-4-8-18/h1-10,17,21H,11-16H2. The number of nitrogens with one attached hydrogen (secondary N) is 1. The van der Waals surface area contributed by atoms with E-state index in [1.54, 1.807) is 0 Å². The molecule has 1 atom stereocenters. The van der Waals surface area contributed by atoms with Crippen LogP contribution in [-0.4, -0.2) is 19.0 Å². The molecule has 3 nitrogen and oxygen atoms in total. The van der Waals surface area contributed by atoms with Crippen molar-refractivity contribution in [1.82, 2.24) is 5.32 Å². The normalized spacial score (nSPS) is 17.1. The lowest BCUT2D eigenvalue weighted by molar-refractivity contribution is -0.119. The summed E-state index contributed by atoms with van der Waals surface area (Å²) < 4.78 is 0. The maximum absolute atomic E-state index is 12.8. The van der Waals surface area contributed by atoms with Crippen LogP contribution in [0.1, 0.15) is 24.8 Å². The molecule has 2 aromatic carbocycles. The van der Waals surface area contributed by atoms with E-state index >= 15 is 0 Å². The second-order valence-corrected chi connectivity index (χ2v) is 6.20. The average molecular weight is 308 g/mol. The molecule has 1 aliphatic rings. The molecular formula is C20H24N2O. The minimum atomic E-state index is 0.215. The van der Waals surface area contributed by atoms with Gasteiger partial charge in [0.05, 0.1) is 6.54 Å². The quantitative estimate of drug-likeness (QED) is 0.884. The van der Waals surface area contributed by atoms with Crippen molar-refractivity contribution in [3.05, 3.63) is 66.2 Å². The Bertz CT molecular complexity index is 606. The van der Waals surface area contributed by atoms with Crippen LogP contribution >= 0.6 is 0 Å². The molecule has 120 valence electrons. The van der Waals surface area contributed by atoms with Crippen molar-refractivity contribution in [2.24, 2.45) is 5.92 Å². The van der Waals surface area contributed by atoms with Gasteiger partial charge < -0.3 is 10.2 Å². The fourth-order valence-electron chi connectivity index (χ4n) is 3.12. The summed E-state index contributed by atoms with van der Waals surface area (Å²) in [6.07, 6.45) is 2.79. The van der Waals surface area contributed by atoms with Crippen LogP contribution in [0.15, 0.2) is 60.7 Å². The van der Waals surface area contributed by atoms with Gasteiger partial charge in [0.2, 0.25) is 5.91 Å². The van der Waals surface area contributed by atoms with Gasteiger partial charge in [-0.05, 0) is 49.5 Å². The summed E-state index contributed by atoms with van der Waals surface area (Å²) in [5.74, 6) is 0.861. The predicted molar refractivity (Wildman–Crippen MR) is 94.3 cm³/mol. The first-order valence-electron chi connectivity index (χ1n) is 8.43. The molecule has 1 fully saturated rings. The molecule has 2 aromatic rings. The van der Waals surface area contributed by atoms with E-state index in [4.69, 9.17) is 0 Å². The van der Waals surface area contributed by atoms with Crippen LogP contribution in [0.5, 0.6) is 0 Å². The zero-order valence-electron chi connectivity index (χ0n) is 13.4. The molecule has 23 heavy (non-hydrogen) atoms. The van der Waals surface area contributed by atoms with Gasteiger partial charge >= 0.3 is 0 Å². The lowest BCUT2D eigenvalue weighted by atomic mass is 10.0. The van der Waals surface area contributed by atoms with Crippen LogP contribution in [0.25, 0.3) is 0 Å². The number of benzene rings is 2. The molecule has 0 aromatic heterocycles. The third-order valence-electron chi connectivity index (χ3n) is 4.48. The highest BCUT2D eigenvalue weighted by Crippen LogP contribution is 2.21. The molecule has 0 bridgehead atoms. The maximum Gasteiger partial charge on any atom is 0.227 e. The zero-order chi connectivity index (χ0) is 15.9. The second-order valence-electron chi connectivity index (χ2n) is 6.20. The Morgan fingerprint density at radius 1 is 1.04 bits per heavy atom. The molecule has 1 heterocycles. The van der Waals surface area contributed by atoms with Crippen LogP contribution in [0.2, 0.25) is 0 Å². The number of carbonyl (C=O) groups is 1. The van der Waals surface area contributed by atoms with Gasteiger partial charge in [-0.1, -0.05) is 48.5 Å². The second kappa shape index (κ2) is 7.93. The zero-order valence-corrected chi connectivity index (χ0v) is 13.4. The Morgan fingerprint density at radius 2 is 1.74 bits per heavy atom. The Balaban J connectivity index is 1.70. The van der Waals surface area contributed by atoms with Gasteiger partial charge in [-0.15, -0.1) is 0 Å². The largest absolute Gasteiger partial charge is 0.316 e. The van der Waals surface area contributed by atoms with Gasteiger partial charge in [-0.2, -0.15) is 0 Å². The van der Waals surface area contributed by atoms with E-state index in [1.165, 1.54) is 6.42 Å². The minimum Gasteiger partial charge on any atom is -0.316 e. The lowest BCUT2D eigenvalue weighted by Crippen LogP contribution is -2.30. The molecule has 0 radical (unpaired) electrons. The number of hydrogen-bond donors (Lipinski definition) is 1. The van der Waals surface area contributed by atoms with Crippen LogP contribution in [-0.2, 0) is 11.3 Å². The molecule has 3 heteroatoms. The van der Waals surface area contributed by atoms with Crippen molar-refractivity contribution < 1.29 is 4.79 Å². The van der Waals surface area contributed by atoms with Gasteiger partial charge in [-0.3, -0.25) is 4.79 Å². The SMILES string of the molecule is O=C(CCC1CCNC1)N(Cc1ccccc1)c1ccccc1. The van der Waals surface area contributed by atoms with Crippen molar-refractivity contribution in [3.63, 3.8) is 0 Å². The number of para-hydroxylation sites is 1. The van der Waals surface area contributed by atoms with Crippen molar-refractivity contribution >= 4 is 11.6 Å². The molecule has 1 unspecified atom stereocenters. The first-order chi connectivity index (χ1) is 11.3. The molecule has 1 amide bonds. The Morgan fingerprint density at radius 3 is 2.39 bits per heavy atom. The fraction of sp³-hybridized carbons (Fsp3) is 0.350. The highest BCUT2D eigenvalue weighted by Gasteiger charge is 2.20. The van der Waals surface area contributed by atoms with Gasteiger partial charge in [0.25, 0.3) is 0 Å². The highest BCUT2D eigenvalue weighted by atomic mass is 16.2. The number of rotatable bonds is 6. The Hall–Kier alpha value is -2.13. The molecule has 0 spiro atoms. The number of hydrogen-bond acceptors (Lipinski definition) is 2. The molecule has 0 aliphatic carbocycles. The third-order valence-corrected chi connectivity index (χ3v) is 4.48. The Labute approximate surface area is 138 Å². The molecule has 1 saturated heterocycles. The van der Waals surface area contributed by atoms with E-state index in [1.807, 2.05) is 53.4 Å². The third kappa shape index (κ3) is 4.42. The molecule has 1 aliphatic heterocycles. The average Bonchev–Trinajstić information content (AvgIpc) is 3.13. The van der Waals surface area contributed by atoms with Crippen LogP contribution in [0, 0.1) is 5.92 Å². The summed E-state index contributed by atoms with van der Waals surface area (Å²) in [5, 5.41) is 3.37. The Kier molecular flexibility index (Phi) is 5.43. The smallest absolute Gasteiger partial charge is 0.227 e. The van der Waals surface area contributed by atoms with Gasteiger partial charge in [-0.25, -0.2) is 0 Å². The fourth-order valence-corrected chi connectivity index (χ4v) is 3.12. The van der Waals surface area contributed by atoms with Gasteiger partial charge in [0, 0.05) is 12.1 Å². The van der Waals surface area contributed by atoms with E-state index in [2.05, 4.69) is 17.4 Å². The van der Waals surface area contributed by atoms with Crippen molar-refractivity contribution in [1.29, 1.82) is 0 Å². The summed E-state index contributed by atoms with van der Waals surface area (Å²) in [5.41, 5.74) is 2.14. The summed E-state index contributed by atoms with van der Waals surface area (Å²) in [7, 11) is 0. The number of anilines is 1. The number of nitrogens with zero attached hydrogens (tertiary/aromatic N) is 1. The van der Waals surface area contributed by atoms with Crippen LogP contribution < -0.4 is 10.2 Å². The molecular weight excluding hydrogens is 284 g/mol. The van der Waals surface area contributed by atoms with Gasteiger partial charge in [0.1, 0.15) is 0 Å².